The molecule has 2 nitrogen and oxygen atoms in total. The minimum Gasteiger partial charge on any atom is -0.374 e. The van der Waals surface area contributed by atoms with Crippen LogP contribution in [0.15, 0.2) is 18.5 Å². The van der Waals surface area contributed by atoms with E-state index in [0.29, 0.717) is 0 Å². The van der Waals surface area contributed by atoms with Crippen molar-refractivity contribution in [3.63, 3.8) is 0 Å². The summed E-state index contributed by atoms with van der Waals surface area (Å²) in [5.74, 6) is 0. The summed E-state index contributed by atoms with van der Waals surface area (Å²) in [6.45, 7) is 17.2. The van der Waals surface area contributed by atoms with Gasteiger partial charge in [-0.3, -0.25) is 0 Å². The van der Waals surface area contributed by atoms with Crippen LogP contribution in [-0.4, -0.2) is 33.9 Å². The van der Waals surface area contributed by atoms with Crippen LogP contribution in [0, 0.1) is 27.1 Å². The summed E-state index contributed by atoms with van der Waals surface area (Å²) in [6.07, 6.45) is 12.5. The maximum atomic E-state index is 3.60. The molecule has 0 amide bonds. The van der Waals surface area contributed by atoms with Gasteiger partial charge in [-0.1, -0.05) is 52.4 Å². The Morgan fingerprint density at radius 1 is 0.789 bits per heavy atom. The van der Waals surface area contributed by atoms with Gasteiger partial charge in [-0.05, 0) is 0 Å². The summed E-state index contributed by atoms with van der Waals surface area (Å²) in [5.41, 5.74) is 0. The molecule has 0 bridgehead atoms. The summed E-state index contributed by atoms with van der Waals surface area (Å²) < 4.78 is 0. The number of aromatic nitrogens is 2. The third-order valence-corrected chi connectivity index (χ3v) is 1.50. The van der Waals surface area contributed by atoms with E-state index in [2.05, 4.69) is 57.8 Å². The van der Waals surface area contributed by atoms with Gasteiger partial charge in [0.2, 0.25) is 0 Å². The van der Waals surface area contributed by atoms with E-state index in [9.17, 15) is 0 Å². The van der Waals surface area contributed by atoms with Crippen LogP contribution in [0.25, 0.3) is 0 Å². The Hall–Kier alpha value is -0.121. The molecule has 1 aromatic heterocycles. The van der Waals surface area contributed by atoms with Crippen molar-refractivity contribution < 1.29 is 0 Å². The summed E-state index contributed by atoms with van der Waals surface area (Å²) in [5, 5.41) is 0. The van der Waals surface area contributed by atoms with E-state index >= 15 is 0 Å². The van der Waals surface area contributed by atoms with Crippen LogP contribution in [0.2, 0.25) is 0 Å². The van der Waals surface area contributed by atoms with Gasteiger partial charge < -0.3 is 30.7 Å². The minimum atomic E-state index is 0. The van der Waals surface area contributed by atoms with Crippen molar-refractivity contribution in [3.05, 3.63) is 45.6 Å². The molecule has 0 atom stereocenters. The van der Waals surface area contributed by atoms with E-state index in [1.165, 1.54) is 19.3 Å². The van der Waals surface area contributed by atoms with Crippen LogP contribution in [0.3, 0.4) is 0 Å². The summed E-state index contributed by atoms with van der Waals surface area (Å²) >= 11 is 0. The molecular weight excluding hydrogens is 339 g/mol. The molecule has 19 heavy (non-hydrogen) atoms. The molecule has 1 heterocycles. The van der Waals surface area contributed by atoms with Gasteiger partial charge >= 0.3 is 23.9 Å². The molecule has 0 aliphatic heterocycles. The van der Waals surface area contributed by atoms with Crippen LogP contribution in [0.1, 0.15) is 59.3 Å². The topological polar surface area (TPSA) is 25.8 Å². The average molecular weight is 369 g/mol. The second kappa shape index (κ2) is 36.1. The van der Waals surface area contributed by atoms with Crippen LogP contribution in [0.5, 0.6) is 0 Å². The molecule has 0 saturated carbocycles. The second-order valence-electron chi connectivity index (χ2n) is 3.41. The van der Waals surface area contributed by atoms with Crippen LogP contribution in [0.4, 0.5) is 0 Å². The van der Waals surface area contributed by atoms with Crippen molar-refractivity contribution in [1.29, 1.82) is 0 Å². The molecule has 108 valence electrons. The van der Waals surface area contributed by atoms with Gasteiger partial charge in [-0.15, -0.1) is 6.07 Å². The van der Waals surface area contributed by atoms with Gasteiger partial charge in [0.15, 0.2) is 0 Å². The summed E-state index contributed by atoms with van der Waals surface area (Å²) in [4.78, 5) is 7.10. The van der Waals surface area contributed by atoms with Crippen molar-refractivity contribution in [2.24, 2.45) is 0 Å². The van der Waals surface area contributed by atoms with Gasteiger partial charge in [0.25, 0.3) is 0 Å². The van der Waals surface area contributed by atoms with Crippen molar-refractivity contribution >= 4 is 23.9 Å². The minimum absolute atomic E-state index is 0. The number of rotatable bonds is 3. The predicted octanol–water partition coefficient (Wildman–Crippen LogP) is 4.76. The van der Waals surface area contributed by atoms with E-state index in [1.807, 2.05) is 0 Å². The van der Waals surface area contributed by atoms with Gasteiger partial charge in [-0.25, -0.2) is 0 Å². The van der Waals surface area contributed by atoms with Gasteiger partial charge in [0.1, 0.15) is 0 Å². The Balaban J connectivity index is -0.0000000796. The monoisotopic (exact) mass is 370 g/mol. The van der Waals surface area contributed by atoms with E-state index in [1.54, 1.807) is 18.5 Å². The molecule has 0 saturated heterocycles. The largest absolute Gasteiger partial charge is 4.00 e. The summed E-state index contributed by atoms with van der Waals surface area (Å²) in [6, 6.07) is 1.75. The van der Waals surface area contributed by atoms with Crippen molar-refractivity contribution in [2.75, 3.05) is 0 Å². The van der Waals surface area contributed by atoms with E-state index in [4.69, 9.17) is 0 Å². The smallest absolute Gasteiger partial charge is 0.374 e. The average Bonchev–Trinajstić information content (AvgIpc) is 2.49. The molecule has 0 unspecified atom stereocenters. The molecule has 3 heteroatoms. The Morgan fingerprint density at radius 3 is 1.11 bits per heavy atom. The Bertz CT molecular complexity index is 139. The third-order valence-electron chi connectivity index (χ3n) is 1.50. The normalized spacial score (nSPS) is 7.26. The molecule has 1 rings (SSSR count). The van der Waals surface area contributed by atoms with Gasteiger partial charge in [0.05, 0.1) is 0 Å². The number of unbranched alkanes of at least 4 members (excludes halogenated alkanes) is 3. The zero-order valence-corrected chi connectivity index (χ0v) is 15.8. The maximum absolute atomic E-state index is 3.60. The first-order valence-electron chi connectivity index (χ1n) is 6.75. The predicted molar refractivity (Wildman–Crippen MR) is 87.4 cm³/mol. The molecule has 1 aromatic rings. The fraction of sp³-hybridized carbons (Fsp3) is 0.562. The van der Waals surface area contributed by atoms with Crippen LogP contribution in [-0.2, 0) is 0 Å². The van der Waals surface area contributed by atoms with Crippen LogP contribution < -0.4 is 0 Å². The van der Waals surface area contributed by atoms with Gasteiger partial charge in [-0.2, -0.15) is 19.3 Å². The Kier molecular flexibility index (Phi) is 51.8. The molecule has 0 spiro atoms. The van der Waals surface area contributed by atoms with Crippen molar-refractivity contribution in [2.45, 2.75) is 59.3 Å². The first-order valence-corrected chi connectivity index (χ1v) is 6.75. The first kappa shape index (κ1) is 27.3. The number of hydrogen-bond donors (Lipinski definition) is 0. The van der Waals surface area contributed by atoms with E-state index in [0.717, 1.165) is 19.3 Å². The number of hydrogen-bond acceptors (Lipinski definition) is 2. The molecule has 0 radical (unpaired) electrons. The van der Waals surface area contributed by atoms with Crippen molar-refractivity contribution in [3.8, 4) is 0 Å². The third kappa shape index (κ3) is 57.2. The fourth-order valence-corrected chi connectivity index (χ4v) is 0.225. The SMILES string of the molecule is [CH2-]CCC.[CH2-]CCC.[CH2-]CCC.[Sn+4].[c-]1ncccn1. The Labute approximate surface area is 138 Å². The zero-order valence-electron chi connectivity index (χ0n) is 13.0. The maximum Gasteiger partial charge on any atom is 4.00 e. The molecule has 0 N–H and O–H groups in total. The quantitative estimate of drug-likeness (QED) is 0.567. The van der Waals surface area contributed by atoms with E-state index in [-0.39, 0.29) is 23.9 Å². The van der Waals surface area contributed by atoms with Gasteiger partial charge in [0, 0.05) is 6.33 Å². The second-order valence-corrected chi connectivity index (χ2v) is 3.41. The standard InChI is InChI=1S/C4H3N2.3C4H9.Sn/c1-2-5-4-6-3-1;3*1-3-4-2;/h1-3H;3*1,3-4H2,2H3;/q4*-1;+4. The van der Waals surface area contributed by atoms with Crippen molar-refractivity contribution in [1.82, 2.24) is 9.97 Å². The Morgan fingerprint density at radius 2 is 1.05 bits per heavy atom. The molecule has 0 aliphatic carbocycles. The zero-order chi connectivity index (χ0) is 14.5. The molecule has 0 aromatic carbocycles. The number of nitrogens with zero attached hydrogens (tertiary/aromatic N) is 2. The molecular formula is C16H30N2Sn. The fourth-order valence-electron chi connectivity index (χ4n) is 0.225. The summed E-state index contributed by atoms with van der Waals surface area (Å²) in [7, 11) is 0. The molecule has 0 aliphatic rings. The van der Waals surface area contributed by atoms with Crippen LogP contribution >= 0.6 is 0 Å². The van der Waals surface area contributed by atoms with E-state index < -0.39 is 0 Å². The molecule has 0 fully saturated rings. The first-order chi connectivity index (χ1) is 8.74.